The molecule has 1 saturated carbocycles. The van der Waals surface area contributed by atoms with Crippen molar-refractivity contribution in [2.45, 2.75) is 77.4 Å². The van der Waals surface area contributed by atoms with Crippen LogP contribution in [-0.2, 0) is 15.0 Å². The molecule has 2 aromatic heterocycles. The fourth-order valence-electron chi connectivity index (χ4n) is 4.11. The van der Waals surface area contributed by atoms with E-state index in [1.807, 2.05) is 32.3 Å². The molecule has 0 saturated heterocycles. The van der Waals surface area contributed by atoms with Gasteiger partial charge in [-0.05, 0) is 57.7 Å². The van der Waals surface area contributed by atoms with E-state index in [9.17, 15) is 9.59 Å². The summed E-state index contributed by atoms with van der Waals surface area (Å²) in [6, 6.07) is 1.74. The minimum Gasteiger partial charge on any atom is -0.461 e. The molecule has 170 valence electrons. The van der Waals surface area contributed by atoms with Crippen molar-refractivity contribution in [2.24, 2.45) is 0 Å². The molecule has 0 aliphatic heterocycles. The van der Waals surface area contributed by atoms with Crippen LogP contribution in [0.3, 0.4) is 0 Å². The van der Waals surface area contributed by atoms with Crippen molar-refractivity contribution in [1.29, 1.82) is 0 Å². The quantitative estimate of drug-likeness (QED) is 0.500. The SMILES string of the molecule is CCCOC(=O)c1cc2cnc(Cl)nc2n1C1(CNC(=O)OC(C)(C)C)CCCCC1. The van der Waals surface area contributed by atoms with Gasteiger partial charge in [0.05, 0.1) is 12.1 Å². The number of nitrogens with one attached hydrogen (secondary N) is 1. The number of alkyl carbamates (subject to hydrolysis) is 1. The summed E-state index contributed by atoms with van der Waals surface area (Å²) in [5.41, 5.74) is -0.182. The number of aromatic nitrogens is 3. The standard InChI is InChI=1S/C22H31ClN4O4/c1-5-11-30-18(28)16-12-15-13-24-19(23)26-17(15)27(16)22(9-7-6-8-10-22)14-25-20(29)31-21(2,3)4/h12-13H,5-11,14H2,1-4H3,(H,25,29). The molecule has 1 fully saturated rings. The number of hydrogen-bond donors (Lipinski definition) is 1. The average Bonchev–Trinajstić information content (AvgIpc) is 3.09. The van der Waals surface area contributed by atoms with Gasteiger partial charge in [0, 0.05) is 18.1 Å². The van der Waals surface area contributed by atoms with E-state index >= 15 is 0 Å². The molecule has 0 radical (unpaired) electrons. The van der Waals surface area contributed by atoms with Crippen molar-refractivity contribution in [1.82, 2.24) is 19.9 Å². The number of hydrogen-bond acceptors (Lipinski definition) is 6. The first-order valence-corrected chi connectivity index (χ1v) is 11.2. The minimum absolute atomic E-state index is 0.103. The van der Waals surface area contributed by atoms with Gasteiger partial charge in [-0.1, -0.05) is 26.2 Å². The second kappa shape index (κ2) is 9.42. The molecule has 2 aromatic rings. The van der Waals surface area contributed by atoms with Crippen LogP contribution in [0.5, 0.6) is 0 Å². The fourth-order valence-corrected chi connectivity index (χ4v) is 4.24. The summed E-state index contributed by atoms with van der Waals surface area (Å²) in [6.45, 7) is 8.05. The monoisotopic (exact) mass is 450 g/mol. The Kier molecular flexibility index (Phi) is 7.09. The van der Waals surface area contributed by atoms with Gasteiger partial charge in [-0.15, -0.1) is 0 Å². The van der Waals surface area contributed by atoms with E-state index in [2.05, 4.69) is 15.3 Å². The zero-order valence-electron chi connectivity index (χ0n) is 18.7. The van der Waals surface area contributed by atoms with Crippen molar-refractivity contribution >= 4 is 34.7 Å². The van der Waals surface area contributed by atoms with Crippen molar-refractivity contribution in [2.75, 3.05) is 13.2 Å². The molecule has 0 bridgehead atoms. The van der Waals surface area contributed by atoms with Gasteiger partial charge in [0.25, 0.3) is 0 Å². The van der Waals surface area contributed by atoms with E-state index in [0.29, 0.717) is 29.9 Å². The Balaban J connectivity index is 2.05. The molecule has 1 aliphatic rings. The van der Waals surface area contributed by atoms with E-state index < -0.39 is 23.2 Å². The number of fused-ring (bicyclic) bond motifs is 1. The first-order valence-electron chi connectivity index (χ1n) is 10.8. The molecule has 0 aromatic carbocycles. The van der Waals surface area contributed by atoms with Gasteiger partial charge in [0.1, 0.15) is 16.9 Å². The molecular formula is C22H31ClN4O4. The molecule has 3 rings (SSSR count). The van der Waals surface area contributed by atoms with Crippen LogP contribution < -0.4 is 5.32 Å². The highest BCUT2D eigenvalue weighted by Crippen LogP contribution is 2.39. The summed E-state index contributed by atoms with van der Waals surface area (Å²) in [5.74, 6) is -0.418. The molecule has 31 heavy (non-hydrogen) atoms. The van der Waals surface area contributed by atoms with Gasteiger partial charge < -0.3 is 19.4 Å². The molecule has 0 spiro atoms. The van der Waals surface area contributed by atoms with E-state index in [0.717, 1.165) is 38.5 Å². The first kappa shape index (κ1) is 23.3. The van der Waals surface area contributed by atoms with Crippen LogP contribution in [0.2, 0.25) is 5.28 Å². The summed E-state index contributed by atoms with van der Waals surface area (Å²) >= 11 is 6.11. The molecule has 0 unspecified atom stereocenters. The normalized spacial score (nSPS) is 16.2. The van der Waals surface area contributed by atoms with E-state index in [1.54, 1.807) is 12.3 Å². The van der Waals surface area contributed by atoms with Crippen molar-refractivity contribution < 1.29 is 19.1 Å². The van der Waals surface area contributed by atoms with Crippen LogP contribution in [0.4, 0.5) is 4.79 Å². The number of ether oxygens (including phenoxy) is 2. The van der Waals surface area contributed by atoms with E-state index in [-0.39, 0.29) is 5.28 Å². The van der Waals surface area contributed by atoms with E-state index in [1.165, 1.54) is 0 Å². The maximum Gasteiger partial charge on any atom is 0.407 e. The lowest BCUT2D eigenvalue weighted by Crippen LogP contribution is -2.48. The predicted molar refractivity (Wildman–Crippen MR) is 118 cm³/mol. The van der Waals surface area contributed by atoms with Gasteiger partial charge in [-0.2, -0.15) is 4.98 Å². The Hall–Kier alpha value is -2.35. The number of esters is 1. The molecule has 1 N–H and O–H groups in total. The van der Waals surface area contributed by atoms with Gasteiger partial charge in [0.2, 0.25) is 5.28 Å². The molecule has 9 heteroatoms. The molecule has 2 heterocycles. The molecule has 8 nitrogen and oxygen atoms in total. The van der Waals surface area contributed by atoms with Crippen LogP contribution in [0.1, 0.15) is 76.7 Å². The number of halogens is 1. The lowest BCUT2D eigenvalue weighted by Gasteiger charge is -2.40. The van der Waals surface area contributed by atoms with Gasteiger partial charge in [-0.25, -0.2) is 14.6 Å². The predicted octanol–water partition coefficient (Wildman–Crippen LogP) is 4.84. The highest BCUT2D eigenvalue weighted by atomic mass is 35.5. The van der Waals surface area contributed by atoms with Crippen LogP contribution in [-0.4, -0.2) is 45.4 Å². The highest BCUT2D eigenvalue weighted by molar-refractivity contribution is 6.28. The molecular weight excluding hydrogens is 420 g/mol. The van der Waals surface area contributed by atoms with Crippen LogP contribution in [0.25, 0.3) is 11.0 Å². The first-order chi connectivity index (χ1) is 14.6. The maximum atomic E-state index is 13.0. The Bertz CT molecular complexity index is 945. The number of carbonyl (C=O) groups is 2. The maximum absolute atomic E-state index is 13.0. The van der Waals surface area contributed by atoms with Crippen LogP contribution in [0.15, 0.2) is 12.3 Å². The second-order valence-corrected chi connectivity index (χ2v) is 9.40. The summed E-state index contributed by atoms with van der Waals surface area (Å²) in [6.07, 6.45) is 6.44. The fraction of sp³-hybridized carbons (Fsp3) is 0.636. The minimum atomic E-state index is -0.597. The van der Waals surface area contributed by atoms with Crippen molar-refractivity contribution in [3.63, 3.8) is 0 Å². The van der Waals surface area contributed by atoms with Gasteiger partial charge in [0.15, 0.2) is 0 Å². The summed E-state index contributed by atoms with van der Waals surface area (Å²) in [4.78, 5) is 33.9. The molecule has 0 atom stereocenters. The third kappa shape index (κ3) is 5.47. The second-order valence-electron chi connectivity index (χ2n) is 9.06. The molecule has 1 aliphatic carbocycles. The number of carbonyl (C=O) groups excluding carboxylic acids is 2. The van der Waals surface area contributed by atoms with Crippen molar-refractivity contribution in [3.8, 4) is 0 Å². The van der Waals surface area contributed by atoms with Gasteiger partial charge >= 0.3 is 12.1 Å². The Morgan fingerprint density at radius 1 is 1.26 bits per heavy atom. The topological polar surface area (TPSA) is 95.3 Å². The lowest BCUT2D eigenvalue weighted by atomic mass is 9.81. The zero-order chi connectivity index (χ0) is 22.6. The number of nitrogens with zero attached hydrogens (tertiary/aromatic N) is 3. The van der Waals surface area contributed by atoms with Crippen molar-refractivity contribution in [3.05, 3.63) is 23.2 Å². The zero-order valence-corrected chi connectivity index (χ0v) is 19.4. The summed E-state index contributed by atoms with van der Waals surface area (Å²) in [5, 5.41) is 3.72. The molecule has 1 amide bonds. The van der Waals surface area contributed by atoms with Gasteiger partial charge in [-0.3, -0.25) is 0 Å². The summed E-state index contributed by atoms with van der Waals surface area (Å²) < 4.78 is 12.8. The number of amides is 1. The third-order valence-corrected chi connectivity index (χ3v) is 5.56. The summed E-state index contributed by atoms with van der Waals surface area (Å²) in [7, 11) is 0. The smallest absolute Gasteiger partial charge is 0.407 e. The van der Waals surface area contributed by atoms with Crippen LogP contribution >= 0.6 is 11.6 Å². The Morgan fingerprint density at radius 3 is 2.61 bits per heavy atom. The average molecular weight is 451 g/mol. The number of rotatable bonds is 6. The largest absolute Gasteiger partial charge is 0.461 e. The third-order valence-electron chi connectivity index (χ3n) is 5.38. The van der Waals surface area contributed by atoms with Crippen LogP contribution in [0, 0.1) is 0 Å². The highest BCUT2D eigenvalue weighted by Gasteiger charge is 2.39. The Labute approximate surface area is 187 Å². The van der Waals surface area contributed by atoms with E-state index in [4.69, 9.17) is 21.1 Å². The lowest BCUT2D eigenvalue weighted by molar-refractivity contribution is 0.0460. The Morgan fingerprint density at radius 2 is 1.97 bits per heavy atom.